The predicted molar refractivity (Wildman–Crippen MR) is 112 cm³/mol. The molecule has 1 aromatic rings. The van der Waals surface area contributed by atoms with Gasteiger partial charge in [-0.05, 0) is 26.3 Å². The highest BCUT2D eigenvalue weighted by Gasteiger charge is 2.49. The van der Waals surface area contributed by atoms with Crippen LogP contribution in [0, 0.1) is 5.92 Å². The van der Waals surface area contributed by atoms with Crippen molar-refractivity contribution in [2.45, 2.75) is 63.6 Å². The van der Waals surface area contributed by atoms with Crippen LogP contribution in [0.15, 0.2) is 35.3 Å². The van der Waals surface area contributed by atoms with E-state index < -0.39 is 17.8 Å². The highest BCUT2D eigenvalue weighted by Crippen LogP contribution is 2.40. The van der Waals surface area contributed by atoms with Gasteiger partial charge in [-0.3, -0.25) is 9.89 Å². The third-order valence-corrected chi connectivity index (χ3v) is 6.01. The number of amidine groups is 1. The van der Waals surface area contributed by atoms with Gasteiger partial charge in [0.05, 0.1) is 12.7 Å². The maximum atomic E-state index is 12.4. The van der Waals surface area contributed by atoms with Crippen LogP contribution in [0.25, 0.3) is 0 Å². The van der Waals surface area contributed by atoms with Crippen LogP contribution < -0.4 is 0 Å². The van der Waals surface area contributed by atoms with Gasteiger partial charge in [0.15, 0.2) is 5.17 Å². The largest absolute Gasteiger partial charge is 0.443 e. The molecule has 1 fully saturated rings. The normalized spacial score (nSPS) is 29.0. The topological polar surface area (TPSA) is 77.4 Å². The number of aldehydes is 1. The Morgan fingerprint density at radius 3 is 2.62 bits per heavy atom. The van der Waals surface area contributed by atoms with Crippen LogP contribution in [-0.4, -0.2) is 58.8 Å². The molecular formula is C21H28N2O5S. The summed E-state index contributed by atoms with van der Waals surface area (Å²) in [5, 5.41) is 0.501. The van der Waals surface area contributed by atoms with Crippen molar-refractivity contribution in [3.8, 4) is 0 Å². The number of aliphatic imine (C=N–C) groups is 1. The first-order valence-corrected chi connectivity index (χ1v) is 10.5. The van der Waals surface area contributed by atoms with E-state index in [1.54, 1.807) is 7.05 Å². The van der Waals surface area contributed by atoms with Crippen molar-refractivity contribution in [3.05, 3.63) is 35.9 Å². The SMILES string of the molecule is C[C@H]1[C@H](OCc2ccccc2)[C@H]2N=C(N(C)C(=O)OC(C)(C)C)S[C@H]2O[C@@H]1C=O. The van der Waals surface area contributed by atoms with Crippen molar-refractivity contribution in [1.29, 1.82) is 0 Å². The average Bonchev–Trinajstić information content (AvgIpc) is 3.09. The zero-order valence-corrected chi connectivity index (χ0v) is 18.2. The number of hydrogen-bond acceptors (Lipinski definition) is 7. The zero-order chi connectivity index (χ0) is 21.2. The maximum Gasteiger partial charge on any atom is 0.416 e. The minimum absolute atomic E-state index is 0.159. The Bertz CT molecular complexity index is 764. The van der Waals surface area contributed by atoms with Gasteiger partial charge in [0, 0.05) is 13.0 Å². The highest BCUT2D eigenvalue weighted by molar-refractivity contribution is 8.14. The fourth-order valence-corrected chi connectivity index (χ4v) is 4.42. The van der Waals surface area contributed by atoms with Crippen LogP contribution in [0.2, 0.25) is 0 Å². The van der Waals surface area contributed by atoms with Crippen LogP contribution in [0.4, 0.5) is 4.79 Å². The molecule has 0 aromatic heterocycles. The molecule has 0 bridgehead atoms. The van der Waals surface area contributed by atoms with Crippen LogP contribution in [0.5, 0.6) is 0 Å². The molecule has 7 nitrogen and oxygen atoms in total. The zero-order valence-electron chi connectivity index (χ0n) is 17.4. The van der Waals surface area contributed by atoms with Crippen molar-refractivity contribution >= 4 is 29.3 Å². The van der Waals surface area contributed by atoms with Crippen LogP contribution in [0.3, 0.4) is 0 Å². The summed E-state index contributed by atoms with van der Waals surface area (Å²) in [4.78, 5) is 30.1. The van der Waals surface area contributed by atoms with Gasteiger partial charge >= 0.3 is 6.09 Å². The van der Waals surface area contributed by atoms with Crippen LogP contribution >= 0.6 is 11.8 Å². The van der Waals surface area contributed by atoms with Gasteiger partial charge in [0.25, 0.3) is 0 Å². The van der Waals surface area contributed by atoms with Gasteiger partial charge in [-0.25, -0.2) is 4.79 Å². The van der Waals surface area contributed by atoms with E-state index in [1.165, 1.54) is 16.7 Å². The maximum absolute atomic E-state index is 12.4. The van der Waals surface area contributed by atoms with Crippen molar-refractivity contribution in [2.75, 3.05) is 7.05 Å². The number of carbonyl (C=O) groups excluding carboxylic acids is 2. The fraction of sp³-hybridized carbons (Fsp3) is 0.571. The third-order valence-electron chi connectivity index (χ3n) is 4.80. The summed E-state index contributed by atoms with van der Waals surface area (Å²) in [7, 11) is 1.62. The molecule has 2 aliphatic rings. The molecule has 29 heavy (non-hydrogen) atoms. The first kappa shape index (κ1) is 21.8. The summed E-state index contributed by atoms with van der Waals surface area (Å²) >= 11 is 1.32. The smallest absolute Gasteiger partial charge is 0.416 e. The standard InChI is InChI=1S/C21H28N2O5S/c1-13-15(11-24)27-18-16(17(13)26-12-14-9-7-6-8-10-14)22-19(29-18)23(5)20(25)28-21(2,3)4/h6-11,13,15-18H,12H2,1-5H3/t13-,15-,16-,17+,18-/m1/s1. The first-order valence-electron chi connectivity index (χ1n) is 9.67. The molecule has 2 aliphatic heterocycles. The van der Waals surface area contributed by atoms with Crippen molar-refractivity contribution in [1.82, 2.24) is 4.90 Å². The van der Waals surface area contributed by atoms with E-state index in [0.29, 0.717) is 11.8 Å². The lowest BCUT2D eigenvalue weighted by atomic mass is 9.90. The summed E-state index contributed by atoms with van der Waals surface area (Å²) in [5.74, 6) is -0.159. The van der Waals surface area contributed by atoms with E-state index in [4.69, 9.17) is 19.2 Å². The van der Waals surface area contributed by atoms with Crippen molar-refractivity contribution in [2.24, 2.45) is 10.9 Å². The molecule has 0 saturated carbocycles. The van der Waals surface area contributed by atoms with E-state index in [9.17, 15) is 9.59 Å². The average molecular weight is 421 g/mol. The fourth-order valence-electron chi connectivity index (χ4n) is 3.25. The van der Waals surface area contributed by atoms with Gasteiger partial charge < -0.3 is 19.0 Å². The lowest BCUT2D eigenvalue weighted by Crippen LogP contribution is -2.51. The molecular weight excluding hydrogens is 392 g/mol. The quantitative estimate of drug-likeness (QED) is 0.694. The van der Waals surface area contributed by atoms with E-state index >= 15 is 0 Å². The van der Waals surface area contributed by atoms with Crippen molar-refractivity contribution < 1.29 is 23.8 Å². The third kappa shape index (κ3) is 5.18. The number of rotatable bonds is 4. The first-order chi connectivity index (χ1) is 13.7. The van der Waals surface area contributed by atoms with Crippen LogP contribution in [0.1, 0.15) is 33.3 Å². The molecule has 8 heteroatoms. The number of fused-ring (bicyclic) bond motifs is 1. The van der Waals surface area contributed by atoms with Crippen LogP contribution in [-0.2, 0) is 25.6 Å². The van der Waals surface area contributed by atoms with E-state index in [-0.39, 0.29) is 23.5 Å². The van der Waals surface area contributed by atoms with E-state index in [0.717, 1.165) is 11.8 Å². The van der Waals surface area contributed by atoms with Gasteiger partial charge in [-0.2, -0.15) is 0 Å². The Morgan fingerprint density at radius 1 is 1.31 bits per heavy atom. The molecule has 0 unspecified atom stereocenters. The number of thioether (sulfide) groups is 1. The summed E-state index contributed by atoms with van der Waals surface area (Å²) in [6.45, 7) is 7.79. The molecule has 3 rings (SSSR count). The molecule has 2 heterocycles. The molecule has 0 spiro atoms. The van der Waals surface area contributed by atoms with Gasteiger partial charge in [-0.1, -0.05) is 49.0 Å². The molecule has 1 saturated heterocycles. The van der Waals surface area contributed by atoms with Gasteiger partial charge in [0.2, 0.25) is 0 Å². The molecule has 0 N–H and O–H groups in total. The van der Waals surface area contributed by atoms with Crippen molar-refractivity contribution in [3.63, 3.8) is 0 Å². The highest BCUT2D eigenvalue weighted by atomic mass is 32.2. The summed E-state index contributed by atoms with van der Waals surface area (Å²) in [6, 6.07) is 9.55. The Hall–Kier alpha value is -1.90. The Balaban J connectivity index is 1.76. The minimum Gasteiger partial charge on any atom is -0.443 e. The number of hydrogen-bond donors (Lipinski definition) is 0. The van der Waals surface area contributed by atoms with Gasteiger partial charge in [-0.15, -0.1) is 0 Å². The molecule has 0 aliphatic carbocycles. The number of ether oxygens (including phenoxy) is 3. The molecule has 1 amide bonds. The second kappa shape index (κ2) is 8.85. The predicted octanol–water partition coefficient (Wildman–Crippen LogP) is 3.47. The monoisotopic (exact) mass is 420 g/mol. The Morgan fingerprint density at radius 2 is 2.00 bits per heavy atom. The lowest BCUT2D eigenvalue weighted by Gasteiger charge is -2.39. The summed E-state index contributed by atoms with van der Waals surface area (Å²) in [6.07, 6.45) is -0.549. The molecule has 0 radical (unpaired) electrons. The number of benzene rings is 1. The second-order valence-corrected chi connectivity index (χ2v) is 9.35. The minimum atomic E-state index is -0.600. The second-order valence-electron chi connectivity index (χ2n) is 8.28. The lowest BCUT2D eigenvalue weighted by molar-refractivity contribution is -0.150. The van der Waals surface area contributed by atoms with E-state index in [2.05, 4.69) is 0 Å². The molecule has 5 atom stereocenters. The van der Waals surface area contributed by atoms with E-state index in [1.807, 2.05) is 58.0 Å². The van der Waals surface area contributed by atoms with Gasteiger partial charge in [0.1, 0.15) is 29.5 Å². The number of nitrogens with zero attached hydrogens (tertiary/aromatic N) is 2. The molecule has 1 aromatic carbocycles. The number of amides is 1. The Labute approximate surface area is 175 Å². The molecule has 158 valence electrons. The summed E-state index contributed by atoms with van der Waals surface area (Å²) in [5.41, 5.74) is 0.0600. The Kier molecular flexibility index (Phi) is 6.65. The number of carbonyl (C=O) groups is 2. The summed E-state index contributed by atoms with van der Waals surface area (Å²) < 4.78 is 17.6.